The maximum absolute atomic E-state index is 13.0. The molecule has 3 fully saturated rings. The molecule has 13 nitrogen and oxygen atoms in total. The fraction of sp³-hybridized carbons (Fsp3) is 0.625. The monoisotopic (exact) mass is 526 g/mol. The molecule has 3 aliphatic heterocycles. The fourth-order valence-corrected chi connectivity index (χ4v) is 5.44. The smallest absolute Gasteiger partial charge is 0.338 e. The molecular formula is C24H30O13. The molecule has 0 spiro atoms. The maximum atomic E-state index is 13.0. The van der Waals surface area contributed by atoms with Crippen LogP contribution in [-0.2, 0) is 23.7 Å². The van der Waals surface area contributed by atoms with Crippen molar-refractivity contribution in [3.63, 3.8) is 0 Å². The number of aliphatic hydroxyl groups is 5. The molecule has 0 bridgehead atoms. The molecule has 3 heterocycles. The Balaban J connectivity index is 1.34. The lowest BCUT2D eigenvalue weighted by molar-refractivity contribution is -0.344. The Morgan fingerprint density at radius 2 is 1.78 bits per heavy atom. The summed E-state index contributed by atoms with van der Waals surface area (Å²) in [5.74, 6) is -1.00. The van der Waals surface area contributed by atoms with Crippen LogP contribution in [0.25, 0.3) is 0 Å². The number of ether oxygens (including phenoxy) is 7. The van der Waals surface area contributed by atoms with E-state index in [0.29, 0.717) is 11.5 Å². The number of hydrogen-bond donors (Lipinski definition) is 5. The van der Waals surface area contributed by atoms with Crippen molar-refractivity contribution < 1.29 is 63.5 Å². The van der Waals surface area contributed by atoms with Crippen molar-refractivity contribution in [2.24, 2.45) is 11.8 Å². The average Bonchev–Trinajstić information content (AvgIpc) is 3.60. The number of fused-ring (bicyclic) bond motifs is 3. The summed E-state index contributed by atoms with van der Waals surface area (Å²) in [5.41, 5.74) is -0.918. The van der Waals surface area contributed by atoms with Crippen molar-refractivity contribution in [1.82, 2.24) is 0 Å². The van der Waals surface area contributed by atoms with Gasteiger partial charge in [0.25, 0.3) is 0 Å². The standard InChI is InChI=1S/C24H30O13/c1-31-12-4-3-10(7-13(12)32-2)21(30)35-19-11-5-6-33-22(15(11)24(9-26)20(19)37-24)36-23-18(29)17(28)16(27)14(8-25)34-23/h3-7,11,14-20,22-23,25-29H,8-9H2,1-2H3/t11-,14-,15-,16-,17+,18-,19-,20+,22+,23+,24-/m1/s1. The second-order valence-electron chi connectivity index (χ2n) is 9.36. The van der Waals surface area contributed by atoms with E-state index in [1.165, 1.54) is 32.6 Å². The minimum absolute atomic E-state index is 0.224. The first-order valence-electron chi connectivity index (χ1n) is 11.8. The quantitative estimate of drug-likeness (QED) is 0.191. The SMILES string of the molecule is COc1ccc(C(=O)O[C@@H]2[C@@H]3C=CO[C@@H](O[C@@H]4O[C@H](CO)[C@@H](O)[C@H](O)[C@H]4O)[C@@H]3[C@@]3(CO)O[C@@H]23)cc1OC. The van der Waals surface area contributed by atoms with Crippen LogP contribution >= 0.6 is 0 Å². The van der Waals surface area contributed by atoms with Gasteiger partial charge in [0, 0.05) is 5.92 Å². The van der Waals surface area contributed by atoms with Gasteiger partial charge in [0.15, 0.2) is 17.8 Å². The number of hydrogen-bond acceptors (Lipinski definition) is 13. The predicted octanol–water partition coefficient (Wildman–Crippen LogP) is -1.71. The molecule has 5 N–H and O–H groups in total. The van der Waals surface area contributed by atoms with E-state index in [-0.39, 0.29) is 5.56 Å². The van der Waals surface area contributed by atoms with Gasteiger partial charge in [-0.2, -0.15) is 0 Å². The number of carbonyl (C=O) groups is 1. The van der Waals surface area contributed by atoms with Crippen molar-refractivity contribution in [3.05, 3.63) is 36.1 Å². The van der Waals surface area contributed by atoms with Gasteiger partial charge in [-0.1, -0.05) is 0 Å². The van der Waals surface area contributed by atoms with E-state index < -0.39 is 85.8 Å². The highest BCUT2D eigenvalue weighted by Gasteiger charge is 2.77. The predicted molar refractivity (Wildman–Crippen MR) is 119 cm³/mol. The van der Waals surface area contributed by atoms with Crippen LogP contribution in [0.5, 0.6) is 11.5 Å². The van der Waals surface area contributed by atoms with Gasteiger partial charge in [-0.15, -0.1) is 0 Å². The van der Waals surface area contributed by atoms with Crippen LogP contribution in [-0.4, -0.2) is 114 Å². The molecule has 13 heteroatoms. The Hall–Kier alpha value is -2.49. The highest BCUT2D eigenvalue weighted by molar-refractivity contribution is 5.90. The van der Waals surface area contributed by atoms with Crippen LogP contribution in [0.2, 0.25) is 0 Å². The fourth-order valence-electron chi connectivity index (χ4n) is 5.44. The summed E-state index contributed by atoms with van der Waals surface area (Å²) in [6.45, 7) is -1.04. The number of methoxy groups -OCH3 is 2. The first-order valence-corrected chi connectivity index (χ1v) is 11.8. The molecular weight excluding hydrogens is 496 g/mol. The highest BCUT2D eigenvalue weighted by Crippen LogP contribution is 2.60. The molecule has 1 aliphatic carbocycles. The molecule has 0 amide bonds. The van der Waals surface area contributed by atoms with Crippen LogP contribution in [0, 0.1) is 11.8 Å². The lowest BCUT2D eigenvalue weighted by atomic mass is 9.85. The molecule has 0 radical (unpaired) electrons. The van der Waals surface area contributed by atoms with Gasteiger partial charge in [0.1, 0.15) is 42.2 Å². The van der Waals surface area contributed by atoms with E-state index >= 15 is 0 Å². The van der Waals surface area contributed by atoms with E-state index in [9.17, 15) is 30.3 Å². The van der Waals surface area contributed by atoms with Gasteiger partial charge in [0.05, 0.1) is 45.2 Å². The lowest BCUT2D eigenvalue weighted by Crippen LogP contribution is -2.60. The molecule has 5 rings (SSSR count). The van der Waals surface area contributed by atoms with Crippen LogP contribution in [0.1, 0.15) is 10.4 Å². The summed E-state index contributed by atoms with van der Waals surface area (Å²) in [6, 6.07) is 4.61. The van der Waals surface area contributed by atoms with Crippen LogP contribution in [0.3, 0.4) is 0 Å². The Labute approximate surface area is 211 Å². The summed E-state index contributed by atoms with van der Waals surface area (Å²) in [6.07, 6.45) is -7.02. The van der Waals surface area contributed by atoms with Crippen molar-refractivity contribution in [2.75, 3.05) is 27.4 Å². The van der Waals surface area contributed by atoms with Crippen LogP contribution in [0.4, 0.5) is 0 Å². The molecule has 2 saturated heterocycles. The number of aliphatic hydroxyl groups excluding tert-OH is 5. The van der Waals surface area contributed by atoms with E-state index in [4.69, 9.17) is 33.2 Å². The molecule has 204 valence electrons. The second-order valence-corrected chi connectivity index (χ2v) is 9.36. The first-order chi connectivity index (χ1) is 17.8. The summed E-state index contributed by atoms with van der Waals surface area (Å²) >= 11 is 0. The zero-order valence-corrected chi connectivity index (χ0v) is 20.1. The minimum Gasteiger partial charge on any atom is -0.493 e. The van der Waals surface area contributed by atoms with Crippen molar-refractivity contribution >= 4 is 5.97 Å². The van der Waals surface area contributed by atoms with E-state index in [1.54, 1.807) is 12.1 Å². The minimum atomic E-state index is -1.65. The summed E-state index contributed by atoms with van der Waals surface area (Å²) < 4.78 is 39.0. The molecule has 1 aromatic rings. The lowest BCUT2D eigenvalue weighted by Gasteiger charge is -2.43. The number of benzene rings is 1. The number of rotatable bonds is 8. The van der Waals surface area contributed by atoms with E-state index in [2.05, 4.69) is 0 Å². The van der Waals surface area contributed by atoms with Crippen molar-refractivity contribution in [3.8, 4) is 11.5 Å². The van der Waals surface area contributed by atoms with E-state index in [0.717, 1.165) is 0 Å². The molecule has 37 heavy (non-hydrogen) atoms. The Morgan fingerprint density at radius 3 is 2.46 bits per heavy atom. The summed E-state index contributed by atoms with van der Waals surface area (Å²) in [4.78, 5) is 13.0. The van der Waals surface area contributed by atoms with Crippen molar-refractivity contribution in [1.29, 1.82) is 0 Å². The van der Waals surface area contributed by atoms with Crippen molar-refractivity contribution in [2.45, 2.75) is 54.8 Å². The zero-order valence-electron chi connectivity index (χ0n) is 20.1. The molecule has 11 atom stereocenters. The van der Waals surface area contributed by atoms with Gasteiger partial charge in [0.2, 0.25) is 6.29 Å². The topological polar surface area (TPSA) is 186 Å². The number of esters is 1. The third kappa shape index (κ3) is 4.25. The normalized spacial score (nSPS) is 41.8. The van der Waals surface area contributed by atoms with Crippen LogP contribution < -0.4 is 9.47 Å². The molecule has 1 aromatic carbocycles. The second kappa shape index (κ2) is 10.0. The van der Waals surface area contributed by atoms with Gasteiger partial charge in [-0.3, -0.25) is 0 Å². The molecule has 0 aromatic heterocycles. The largest absolute Gasteiger partial charge is 0.493 e. The average molecular weight is 526 g/mol. The molecule has 4 aliphatic rings. The Bertz CT molecular complexity index is 1030. The summed E-state index contributed by atoms with van der Waals surface area (Å²) in [7, 11) is 2.93. The van der Waals surface area contributed by atoms with E-state index in [1.807, 2.05) is 0 Å². The third-order valence-electron chi connectivity index (χ3n) is 7.46. The number of carbonyl (C=O) groups excluding carboxylic acids is 1. The first kappa shape index (κ1) is 26.1. The Morgan fingerprint density at radius 1 is 1.03 bits per heavy atom. The van der Waals surface area contributed by atoms with Gasteiger partial charge < -0.3 is 58.7 Å². The zero-order chi connectivity index (χ0) is 26.5. The molecule has 1 saturated carbocycles. The van der Waals surface area contributed by atoms with Gasteiger partial charge >= 0.3 is 5.97 Å². The van der Waals surface area contributed by atoms with Gasteiger partial charge in [-0.25, -0.2) is 4.79 Å². The third-order valence-corrected chi connectivity index (χ3v) is 7.46. The maximum Gasteiger partial charge on any atom is 0.338 e. The highest BCUT2D eigenvalue weighted by atomic mass is 16.8. The Kier molecular flexibility index (Phi) is 7.06. The van der Waals surface area contributed by atoms with Crippen LogP contribution in [0.15, 0.2) is 30.5 Å². The number of epoxide rings is 1. The van der Waals surface area contributed by atoms with Gasteiger partial charge in [-0.05, 0) is 24.3 Å². The molecule has 0 unspecified atom stereocenters. The summed E-state index contributed by atoms with van der Waals surface area (Å²) in [5, 5.41) is 50.2.